The monoisotopic (exact) mass is 462 g/mol. The summed E-state index contributed by atoms with van der Waals surface area (Å²) in [6, 6.07) is 18.7. The van der Waals surface area contributed by atoms with Crippen molar-refractivity contribution in [3.05, 3.63) is 94.3 Å². The molecule has 0 aliphatic carbocycles. The second-order valence-corrected chi connectivity index (χ2v) is 8.18. The Bertz CT molecular complexity index is 1250. The summed E-state index contributed by atoms with van der Waals surface area (Å²) >= 11 is 6.07. The van der Waals surface area contributed by atoms with Gasteiger partial charge in [-0.1, -0.05) is 23.7 Å². The van der Waals surface area contributed by atoms with Crippen molar-refractivity contribution in [2.75, 3.05) is 14.1 Å². The van der Waals surface area contributed by atoms with Crippen LogP contribution in [0.5, 0.6) is 5.75 Å². The first-order chi connectivity index (χ1) is 15.9. The van der Waals surface area contributed by atoms with E-state index in [0.717, 1.165) is 22.6 Å². The van der Waals surface area contributed by atoms with Crippen LogP contribution in [0.3, 0.4) is 0 Å². The average Bonchev–Trinajstić information content (AvgIpc) is 3.17. The van der Waals surface area contributed by atoms with Crippen LogP contribution >= 0.6 is 11.6 Å². The highest BCUT2D eigenvalue weighted by atomic mass is 35.5. The van der Waals surface area contributed by atoms with Crippen LogP contribution in [0.25, 0.3) is 11.3 Å². The summed E-state index contributed by atoms with van der Waals surface area (Å²) in [5, 5.41) is 8.72. The molecular weight excluding hydrogens is 440 g/mol. The first-order valence-electron chi connectivity index (χ1n) is 10.4. The molecule has 4 aromatic rings. The molecule has 8 heteroatoms. The summed E-state index contributed by atoms with van der Waals surface area (Å²) in [6.07, 6.45) is 0.572. The number of carbonyl (C=O) groups is 1. The van der Waals surface area contributed by atoms with Crippen molar-refractivity contribution in [1.82, 2.24) is 20.1 Å². The van der Waals surface area contributed by atoms with Crippen molar-refractivity contribution in [3.8, 4) is 17.0 Å². The fraction of sp³-hybridized carbons (Fsp3) is 0.200. The Labute approximate surface area is 197 Å². The fourth-order valence-corrected chi connectivity index (χ4v) is 3.48. The van der Waals surface area contributed by atoms with E-state index in [-0.39, 0.29) is 12.5 Å². The lowest BCUT2D eigenvalue weighted by atomic mass is 10.1. The number of benzene rings is 2. The number of hydrogen-bond donors (Lipinski definition) is 0. The molecule has 0 N–H and O–H groups in total. The van der Waals surface area contributed by atoms with Gasteiger partial charge in [0, 0.05) is 31.1 Å². The predicted molar refractivity (Wildman–Crippen MR) is 125 cm³/mol. The van der Waals surface area contributed by atoms with Crippen molar-refractivity contribution in [1.29, 1.82) is 0 Å². The summed E-state index contributed by atoms with van der Waals surface area (Å²) in [5.41, 5.74) is 3.71. The highest BCUT2D eigenvalue weighted by Gasteiger charge is 2.13. The number of amides is 1. The third-order valence-corrected chi connectivity index (χ3v) is 5.18. The minimum Gasteiger partial charge on any atom is -0.487 e. The van der Waals surface area contributed by atoms with Crippen molar-refractivity contribution in [3.63, 3.8) is 0 Å². The summed E-state index contributed by atoms with van der Waals surface area (Å²) in [6.45, 7) is 2.15. The van der Waals surface area contributed by atoms with Gasteiger partial charge in [0.25, 0.3) is 5.91 Å². The average molecular weight is 463 g/mol. The molecule has 0 bridgehead atoms. The molecule has 4 rings (SSSR count). The van der Waals surface area contributed by atoms with Gasteiger partial charge in [0.15, 0.2) is 11.6 Å². The van der Waals surface area contributed by atoms with Gasteiger partial charge in [-0.05, 0) is 61.0 Å². The van der Waals surface area contributed by atoms with E-state index in [1.807, 2.05) is 55.5 Å². The summed E-state index contributed by atoms with van der Waals surface area (Å²) in [7, 11) is 3.34. The molecule has 0 unspecified atom stereocenters. The van der Waals surface area contributed by atoms with Crippen LogP contribution in [0.2, 0.25) is 5.02 Å². The van der Waals surface area contributed by atoms with E-state index in [1.54, 1.807) is 26.2 Å². The zero-order valence-corrected chi connectivity index (χ0v) is 19.3. The molecule has 0 aliphatic rings. The van der Waals surface area contributed by atoms with Gasteiger partial charge in [0.1, 0.15) is 29.5 Å². The van der Waals surface area contributed by atoms with Gasteiger partial charge < -0.3 is 14.1 Å². The second kappa shape index (κ2) is 9.83. The number of aromatic nitrogens is 3. The number of nitrogens with zero attached hydrogens (tertiary/aromatic N) is 4. The highest BCUT2D eigenvalue weighted by Crippen LogP contribution is 2.27. The molecule has 0 atom stereocenters. The Morgan fingerprint density at radius 1 is 1.06 bits per heavy atom. The van der Waals surface area contributed by atoms with Crippen LogP contribution < -0.4 is 4.74 Å². The van der Waals surface area contributed by atoms with E-state index in [1.165, 1.54) is 4.90 Å². The van der Waals surface area contributed by atoms with Crippen LogP contribution in [-0.2, 0) is 13.0 Å². The molecule has 0 saturated carbocycles. The van der Waals surface area contributed by atoms with Crippen molar-refractivity contribution in [2.45, 2.75) is 20.0 Å². The van der Waals surface area contributed by atoms with Crippen molar-refractivity contribution >= 4 is 17.5 Å². The zero-order valence-electron chi connectivity index (χ0n) is 18.6. The Hall–Kier alpha value is -3.71. The van der Waals surface area contributed by atoms with Gasteiger partial charge in [0.05, 0.1) is 0 Å². The largest absolute Gasteiger partial charge is 0.487 e. The van der Waals surface area contributed by atoms with Crippen LogP contribution in [0.15, 0.2) is 65.1 Å². The number of aryl methyl sites for hydroxylation is 1. The lowest BCUT2D eigenvalue weighted by Crippen LogP contribution is -2.23. The number of carbonyl (C=O) groups excluding carboxylic acids is 1. The van der Waals surface area contributed by atoms with Crippen LogP contribution in [0, 0.1) is 6.92 Å². The van der Waals surface area contributed by atoms with Gasteiger partial charge in [-0.3, -0.25) is 4.79 Å². The van der Waals surface area contributed by atoms with Crippen molar-refractivity contribution < 1.29 is 13.9 Å². The van der Waals surface area contributed by atoms with Gasteiger partial charge in [-0.15, -0.1) is 5.10 Å². The van der Waals surface area contributed by atoms with Gasteiger partial charge in [0.2, 0.25) is 0 Å². The van der Waals surface area contributed by atoms with E-state index in [4.69, 9.17) is 20.8 Å². The smallest absolute Gasteiger partial charge is 0.273 e. The Morgan fingerprint density at radius 3 is 2.52 bits per heavy atom. The molecule has 7 nitrogen and oxygen atoms in total. The minimum absolute atomic E-state index is 0.190. The van der Waals surface area contributed by atoms with Gasteiger partial charge >= 0.3 is 0 Å². The van der Waals surface area contributed by atoms with Crippen LogP contribution in [0.4, 0.5) is 0 Å². The maximum absolute atomic E-state index is 11.9. The lowest BCUT2D eigenvalue weighted by molar-refractivity contribution is 0.0820. The topological polar surface area (TPSA) is 81.4 Å². The quantitative estimate of drug-likeness (QED) is 0.386. The predicted octanol–water partition coefficient (Wildman–Crippen LogP) is 4.97. The third-order valence-electron chi connectivity index (χ3n) is 4.94. The SMILES string of the molecule is Cc1oc(Cc2cccc(Cl)c2)nc1-c1ccc(OCc2ccc(C(=O)N(C)C)nn2)cc1. The lowest BCUT2D eigenvalue weighted by Gasteiger charge is -2.09. The van der Waals surface area contributed by atoms with Gasteiger partial charge in [-0.2, -0.15) is 5.10 Å². The summed E-state index contributed by atoms with van der Waals surface area (Å²) in [5.74, 6) is 1.89. The number of oxazole rings is 1. The van der Waals surface area contributed by atoms with E-state index in [0.29, 0.717) is 34.5 Å². The maximum atomic E-state index is 11.9. The molecule has 168 valence electrons. The van der Waals surface area contributed by atoms with E-state index in [2.05, 4.69) is 15.2 Å². The third kappa shape index (κ3) is 5.56. The number of halogens is 1. The first-order valence-corrected chi connectivity index (χ1v) is 10.7. The standard InChI is InChI=1S/C25H23ClN4O3/c1-16-24(27-23(33-16)14-17-5-4-6-19(26)13-17)18-7-10-21(11-8-18)32-15-20-9-12-22(29-28-20)25(31)30(2)3/h4-13H,14-15H2,1-3H3. The molecule has 0 spiro atoms. The molecule has 2 aromatic carbocycles. The van der Waals surface area contributed by atoms with E-state index < -0.39 is 0 Å². The Kier molecular flexibility index (Phi) is 6.70. The number of rotatable bonds is 7. The minimum atomic E-state index is -0.190. The van der Waals surface area contributed by atoms with Crippen molar-refractivity contribution in [2.24, 2.45) is 0 Å². The molecule has 0 saturated heterocycles. The summed E-state index contributed by atoms with van der Waals surface area (Å²) in [4.78, 5) is 18.0. The normalized spacial score (nSPS) is 10.8. The van der Waals surface area contributed by atoms with Crippen LogP contribution in [-0.4, -0.2) is 40.1 Å². The Balaban J connectivity index is 1.39. The number of hydrogen-bond acceptors (Lipinski definition) is 6. The maximum Gasteiger partial charge on any atom is 0.273 e. The molecule has 1 amide bonds. The Morgan fingerprint density at radius 2 is 1.85 bits per heavy atom. The first kappa shape index (κ1) is 22.5. The summed E-state index contributed by atoms with van der Waals surface area (Å²) < 4.78 is 11.7. The molecule has 2 heterocycles. The molecular formula is C25H23ClN4O3. The molecule has 0 radical (unpaired) electrons. The fourth-order valence-electron chi connectivity index (χ4n) is 3.26. The molecule has 33 heavy (non-hydrogen) atoms. The van der Waals surface area contributed by atoms with E-state index in [9.17, 15) is 4.79 Å². The second-order valence-electron chi connectivity index (χ2n) is 7.74. The van der Waals surface area contributed by atoms with Crippen LogP contribution in [0.1, 0.15) is 33.4 Å². The van der Waals surface area contributed by atoms with E-state index >= 15 is 0 Å². The zero-order chi connectivity index (χ0) is 23.4. The highest BCUT2D eigenvalue weighted by molar-refractivity contribution is 6.30. The molecule has 2 aromatic heterocycles. The number of ether oxygens (including phenoxy) is 1. The molecule has 0 fully saturated rings. The molecule has 0 aliphatic heterocycles. The van der Waals surface area contributed by atoms with Gasteiger partial charge in [-0.25, -0.2) is 4.98 Å².